The maximum Gasteiger partial charge on any atom is 0.336 e. The number of dihydropyridines is 1. The van der Waals surface area contributed by atoms with Crippen molar-refractivity contribution >= 4 is 23.5 Å². The Labute approximate surface area is 286 Å². The van der Waals surface area contributed by atoms with Crippen LogP contribution in [0.2, 0.25) is 0 Å². The van der Waals surface area contributed by atoms with Crippen molar-refractivity contribution in [3.8, 4) is 0 Å². The van der Waals surface area contributed by atoms with E-state index in [1.165, 1.54) is 42.5 Å². The molecular formula is C38H41N5O6. The first kappa shape index (κ1) is 35.0. The van der Waals surface area contributed by atoms with Crippen molar-refractivity contribution in [2.45, 2.75) is 38.9 Å². The van der Waals surface area contributed by atoms with Crippen LogP contribution >= 0.6 is 0 Å². The summed E-state index contributed by atoms with van der Waals surface area (Å²) in [5, 5.41) is 18.0. The molecule has 254 valence electrons. The molecule has 0 spiro atoms. The third-order valence-corrected chi connectivity index (χ3v) is 9.27. The van der Waals surface area contributed by atoms with E-state index in [4.69, 9.17) is 4.74 Å². The number of nitrogens with one attached hydrogen (secondary N) is 2. The molecule has 0 bridgehead atoms. The minimum atomic E-state index is -0.944. The van der Waals surface area contributed by atoms with Crippen molar-refractivity contribution in [2.24, 2.45) is 5.92 Å². The molecule has 0 saturated carbocycles. The molecule has 3 aromatic rings. The van der Waals surface area contributed by atoms with E-state index in [1.54, 1.807) is 19.9 Å². The molecule has 11 nitrogen and oxygen atoms in total. The topological polar surface area (TPSA) is 134 Å². The minimum Gasteiger partial charge on any atom is -0.466 e. The van der Waals surface area contributed by atoms with E-state index in [1.807, 2.05) is 49.3 Å². The molecule has 1 fully saturated rings. The lowest BCUT2D eigenvalue weighted by molar-refractivity contribution is -0.384. The number of carbonyl (C=O) groups excluding carboxylic acids is 3. The fourth-order valence-electron chi connectivity index (χ4n) is 6.95. The molecule has 11 heteroatoms. The van der Waals surface area contributed by atoms with E-state index >= 15 is 0 Å². The summed E-state index contributed by atoms with van der Waals surface area (Å²) in [7, 11) is 1.25. The molecule has 2 aliphatic heterocycles. The predicted octanol–water partition coefficient (Wildman–Crippen LogP) is 4.88. The van der Waals surface area contributed by atoms with E-state index in [2.05, 4.69) is 44.7 Å². The predicted molar refractivity (Wildman–Crippen MR) is 186 cm³/mol. The van der Waals surface area contributed by atoms with E-state index in [0.29, 0.717) is 43.1 Å². The normalized spacial score (nSPS) is 18.3. The Morgan fingerprint density at radius 2 is 1.49 bits per heavy atom. The Morgan fingerprint density at radius 3 is 2.04 bits per heavy atom. The van der Waals surface area contributed by atoms with Gasteiger partial charge in [0, 0.05) is 67.3 Å². The van der Waals surface area contributed by atoms with Gasteiger partial charge in [-0.05, 0) is 30.5 Å². The van der Waals surface area contributed by atoms with Crippen LogP contribution < -0.4 is 10.6 Å². The van der Waals surface area contributed by atoms with Gasteiger partial charge in [-0.1, -0.05) is 79.7 Å². The van der Waals surface area contributed by atoms with Crippen molar-refractivity contribution in [1.29, 1.82) is 0 Å². The van der Waals surface area contributed by atoms with Crippen molar-refractivity contribution < 1.29 is 24.0 Å². The highest BCUT2D eigenvalue weighted by atomic mass is 16.6. The van der Waals surface area contributed by atoms with Crippen LogP contribution in [-0.2, 0) is 19.1 Å². The average Bonchev–Trinajstić information content (AvgIpc) is 3.11. The van der Waals surface area contributed by atoms with Crippen molar-refractivity contribution in [3.63, 3.8) is 0 Å². The number of carbonyl (C=O) groups is 2. The molecule has 5 rings (SSSR count). The van der Waals surface area contributed by atoms with Gasteiger partial charge in [-0.2, -0.15) is 0 Å². The van der Waals surface area contributed by atoms with Crippen molar-refractivity contribution in [2.75, 3.05) is 33.3 Å². The Hall–Kier alpha value is -5.35. The number of nitrogens with zero attached hydrogens (tertiary/aromatic N) is 3. The quantitative estimate of drug-likeness (QED) is 0.128. The summed E-state index contributed by atoms with van der Waals surface area (Å²) < 4.78 is 5.11. The molecule has 0 aliphatic carbocycles. The van der Waals surface area contributed by atoms with E-state index < -0.39 is 34.8 Å². The average molecular weight is 664 g/mol. The number of hydrogen-bond donors (Lipinski definition) is 2. The van der Waals surface area contributed by atoms with E-state index in [-0.39, 0.29) is 22.9 Å². The van der Waals surface area contributed by atoms with E-state index in [0.717, 1.165) is 0 Å². The highest BCUT2D eigenvalue weighted by molar-refractivity contribution is 6.02. The lowest BCUT2D eigenvalue weighted by Gasteiger charge is -2.44. The number of allylic oxidation sites excluding steroid dienone is 2. The van der Waals surface area contributed by atoms with Crippen LogP contribution in [-0.4, -0.2) is 72.0 Å². The summed E-state index contributed by atoms with van der Waals surface area (Å²) in [6, 6.07) is 26.7. The van der Waals surface area contributed by atoms with Gasteiger partial charge in [0.15, 0.2) is 0 Å². The van der Waals surface area contributed by atoms with Gasteiger partial charge in [0.25, 0.3) is 11.6 Å². The molecule has 2 aliphatic rings. The number of piperazine rings is 1. The van der Waals surface area contributed by atoms with Crippen LogP contribution in [0.3, 0.4) is 0 Å². The Morgan fingerprint density at radius 1 is 0.918 bits per heavy atom. The minimum absolute atomic E-state index is 0.0495. The lowest BCUT2D eigenvalue weighted by atomic mass is 9.79. The monoisotopic (exact) mass is 663 g/mol. The van der Waals surface area contributed by atoms with Gasteiger partial charge in [0.1, 0.15) is 5.94 Å². The van der Waals surface area contributed by atoms with Crippen LogP contribution in [0.25, 0.3) is 0 Å². The molecule has 0 aromatic heterocycles. The fraction of sp³-hybridized carbons (Fsp3) is 0.316. The van der Waals surface area contributed by atoms with E-state index in [9.17, 15) is 24.5 Å². The van der Waals surface area contributed by atoms with Gasteiger partial charge in [-0.15, -0.1) is 0 Å². The molecule has 1 saturated heterocycles. The van der Waals surface area contributed by atoms with Gasteiger partial charge in [-0.3, -0.25) is 24.7 Å². The maximum atomic E-state index is 14.4. The third-order valence-electron chi connectivity index (χ3n) is 9.27. The molecule has 3 aromatic carbocycles. The Balaban J connectivity index is 1.44. The standard InChI is InChI=1S/C38H41N5O6/c1-25(18-23-44)36(42-21-19-41(20-22-42)35(28-12-7-5-8-13-28)29-14-9-6-10-15-29)40-37(45)32-26(2)39-27(3)33(38(46)49-4)34(32)30-16-11-17-31(24-30)43(47)48/h5-18,24-25,34-36,39H,19-22H2,1-4H3,(H,40,45). The number of hydrogen-bond acceptors (Lipinski definition) is 9. The summed E-state index contributed by atoms with van der Waals surface area (Å²) in [5.41, 5.74) is 3.99. The first-order chi connectivity index (χ1) is 23.6. The van der Waals surface area contributed by atoms with Crippen molar-refractivity contribution in [3.05, 3.63) is 140 Å². The van der Waals surface area contributed by atoms with Crippen LogP contribution in [0.5, 0.6) is 0 Å². The Kier molecular flexibility index (Phi) is 11.2. The first-order valence-electron chi connectivity index (χ1n) is 16.3. The number of methoxy groups -OCH3 is 1. The second-order valence-electron chi connectivity index (χ2n) is 12.3. The summed E-state index contributed by atoms with van der Waals surface area (Å²) in [6.07, 6.45) is 0.818. The smallest absolute Gasteiger partial charge is 0.336 e. The zero-order valence-electron chi connectivity index (χ0n) is 28.1. The van der Waals surface area contributed by atoms with Crippen molar-refractivity contribution in [1.82, 2.24) is 20.4 Å². The maximum absolute atomic E-state index is 14.4. The fourth-order valence-corrected chi connectivity index (χ4v) is 6.95. The van der Waals surface area contributed by atoms with Crippen LogP contribution in [0.1, 0.15) is 49.4 Å². The zero-order valence-corrected chi connectivity index (χ0v) is 28.1. The van der Waals surface area contributed by atoms with Crippen LogP contribution in [0.4, 0.5) is 5.69 Å². The van der Waals surface area contributed by atoms with Gasteiger partial charge in [0.05, 0.1) is 35.7 Å². The number of nitro benzene ring substituents is 1. The summed E-state index contributed by atoms with van der Waals surface area (Å²) >= 11 is 0. The molecule has 2 heterocycles. The van der Waals surface area contributed by atoms with Gasteiger partial charge in [-0.25, -0.2) is 9.59 Å². The van der Waals surface area contributed by atoms with Crippen LogP contribution in [0.15, 0.2) is 114 Å². The van der Waals surface area contributed by atoms with Gasteiger partial charge >= 0.3 is 5.97 Å². The number of ether oxygens (including phenoxy) is 1. The molecule has 0 radical (unpaired) electrons. The number of nitro groups is 1. The number of esters is 1. The first-order valence-corrected chi connectivity index (χ1v) is 16.3. The Bertz CT molecular complexity index is 1750. The largest absolute Gasteiger partial charge is 0.466 e. The molecule has 1 amide bonds. The summed E-state index contributed by atoms with van der Waals surface area (Å²) in [6.45, 7) is 7.89. The highest BCUT2D eigenvalue weighted by Crippen LogP contribution is 2.40. The number of rotatable bonds is 11. The summed E-state index contributed by atoms with van der Waals surface area (Å²) in [4.78, 5) is 54.9. The zero-order chi connectivity index (χ0) is 35.1. The van der Waals surface area contributed by atoms with Gasteiger partial charge in [0.2, 0.25) is 0 Å². The number of benzene rings is 3. The third kappa shape index (κ3) is 7.70. The second kappa shape index (κ2) is 15.7. The SMILES string of the molecule is COC(=O)C1=C(C)NC(C)=C(C(=O)NC(C(C)C=C=O)N2CCN(C(c3ccccc3)c3ccccc3)CC2)C1c1cccc([N+](=O)[O-])c1. The molecule has 2 N–H and O–H groups in total. The number of non-ortho nitro benzene ring substituents is 1. The lowest BCUT2D eigenvalue weighted by Crippen LogP contribution is -2.58. The second-order valence-corrected chi connectivity index (χ2v) is 12.3. The van der Waals surface area contributed by atoms with Crippen LogP contribution in [0, 0.1) is 16.0 Å². The molecule has 3 unspecified atom stereocenters. The molecular weight excluding hydrogens is 622 g/mol. The molecule has 49 heavy (non-hydrogen) atoms. The van der Waals surface area contributed by atoms with Gasteiger partial charge < -0.3 is 15.4 Å². The highest BCUT2D eigenvalue weighted by Gasteiger charge is 2.39. The molecule has 3 atom stereocenters. The number of amides is 1. The summed E-state index contributed by atoms with van der Waals surface area (Å²) in [5.74, 6) is -0.592.